The molecule has 88 valence electrons. The maximum Gasteiger partial charge on any atom is 0.169 e. The Balaban J connectivity index is 3.23. The maximum atomic E-state index is 11.8. The van der Waals surface area contributed by atoms with Crippen molar-refractivity contribution in [2.45, 2.75) is 33.6 Å². The van der Waals surface area contributed by atoms with Gasteiger partial charge in [-0.1, -0.05) is 27.2 Å². The average Bonchev–Trinajstić information content (AvgIpc) is 2.23. The number of hydrogen-bond donors (Lipinski definition) is 2. The molecule has 2 N–H and O–H groups in total. The zero-order chi connectivity index (χ0) is 12.3. The van der Waals surface area contributed by atoms with Crippen molar-refractivity contribution in [1.82, 2.24) is 0 Å². The minimum atomic E-state index is -0.162. The van der Waals surface area contributed by atoms with Crippen LogP contribution in [0.25, 0.3) is 0 Å². The number of aromatic hydroxyl groups is 2. The van der Waals surface area contributed by atoms with Crippen LogP contribution in [0.5, 0.6) is 11.5 Å². The summed E-state index contributed by atoms with van der Waals surface area (Å²) in [6.45, 7) is 5.53. The molecule has 0 amide bonds. The van der Waals surface area contributed by atoms with E-state index < -0.39 is 0 Å². The predicted molar refractivity (Wildman–Crippen MR) is 62.9 cm³/mol. The lowest BCUT2D eigenvalue weighted by Gasteiger charge is -2.11. The summed E-state index contributed by atoms with van der Waals surface area (Å²) >= 11 is 0. The van der Waals surface area contributed by atoms with Gasteiger partial charge in [-0.3, -0.25) is 4.79 Å². The summed E-state index contributed by atoms with van der Waals surface area (Å²) in [5.74, 6) is -0.278. The first-order valence-electron chi connectivity index (χ1n) is 5.57. The van der Waals surface area contributed by atoms with Gasteiger partial charge in [-0.2, -0.15) is 0 Å². The quantitative estimate of drug-likeness (QED) is 0.770. The van der Waals surface area contributed by atoms with Crippen LogP contribution in [-0.2, 0) is 6.42 Å². The van der Waals surface area contributed by atoms with Crippen LogP contribution in [-0.4, -0.2) is 16.0 Å². The maximum absolute atomic E-state index is 11.8. The number of phenolic OH excluding ortho intramolecular Hbond substituents is 2. The molecule has 0 unspecified atom stereocenters. The van der Waals surface area contributed by atoms with E-state index in [4.69, 9.17) is 0 Å². The van der Waals surface area contributed by atoms with Crippen molar-refractivity contribution < 1.29 is 15.0 Å². The van der Waals surface area contributed by atoms with E-state index >= 15 is 0 Å². The average molecular weight is 222 g/mol. The fourth-order valence-corrected chi connectivity index (χ4v) is 1.63. The molecule has 1 rings (SSSR count). The highest BCUT2D eigenvalue weighted by Crippen LogP contribution is 2.32. The van der Waals surface area contributed by atoms with Crippen LogP contribution in [0, 0.1) is 5.92 Å². The van der Waals surface area contributed by atoms with Gasteiger partial charge in [0.25, 0.3) is 0 Å². The van der Waals surface area contributed by atoms with Gasteiger partial charge in [0.1, 0.15) is 11.5 Å². The molecule has 3 heteroatoms. The number of benzene rings is 1. The minimum absolute atomic E-state index is 0.0552. The Morgan fingerprint density at radius 1 is 1.31 bits per heavy atom. The third-order valence-electron chi connectivity index (χ3n) is 2.55. The molecule has 1 aromatic rings. The Kier molecular flexibility index (Phi) is 3.93. The normalized spacial score (nSPS) is 10.8. The highest BCUT2D eigenvalue weighted by molar-refractivity contribution is 6.00. The molecular formula is C13H18O3. The molecule has 3 nitrogen and oxygen atoms in total. The molecule has 0 bridgehead atoms. The summed E-state index contributed by atoms with van der Waals surface area (Å²) in [5.41, 5.74) is 0.769. The summed E-state index contributed by atoms with van der Waals surface area (Å²) < 4.78 is 0. The molecule has 0 aromatic heterocycles. The summed E-state index contributed by atoms with van der Waals surface area (Å²) in [6, 6.07) is 2.95. The van der Waals surface area contributed by atoms with E-state index in [2.05, 4.69) is 0 Å². The van der Waals surface area contributed by atoms with Crippen molar-refractivity contribution in [3.8, 4) is 11.5 Å². The largest absolute Gasteiger partial charge is 0.508 e. The molecule has 0 heterocycles. The number of carbonyl (C=O) groups is 1. The van der Waals surface area contributed by atoms with E-state index in [1.807, 2.05) is 6.92 Å². The second-order valence-electron chi connectivity index (χ2n) is 4.23. The fourth-order valence-electron chi connectivity index (χ4n) is 1.63. The number of rotatable bonds is 4. The van der Waals surface area contributed by atoms with Crippen molar-refractivity contribution in [2.75, 3.05) is 0 Å². The first-order chi connectivity index (χ1) is 7.49. The van der Waals surface area contributed by atoms with Crippen LogP contribution < -0.4 is 0 Å². The van der Waals surface area contributed by atoms with Crippen molar-refractivity contribution >= 4 is 5.78 Å². The molecular weight excluding hydrogens is 204 g/mol. The summed E-state index contributed by atoms with van der Waals surface area (Å²) in [5, 5.41) is 19.5. The van der Waals surface area contributed by atoms with Gasteiger partial charge >= 0.3 is 0 Å². The molecule has 0 aliphatic heterocycles. The molecule has 0 fully saturated rings. The van der Waals surface area contributed by atoms with Crippen LogP contribution in [0.15, 0.2) is 12.1 Å². The Morgan fingerprint density at radius 3 is 2.44 bits per heavy atom. The fraction of sp³-hybridized carbons (Fsp3) is 0.462. The standard InChI is InChI=1S/C13H18O3/c1-4-5-9-11(14)7-6-10(13(9)16)12(15)8(2)3/h6-8,14,16H,4-5H2,1-3H3. The van der Waals surface area contributed by atoms with Crippen molar-refractivity contribution in [1.29, 1.82) is 0 Å². The van der Waals surface area contributed by atoms with Crippen LogP contribution in [0.1, 0.15) is 43.1 Å². The lowest BCUT2D eigenvalue weighted by molar-refractivity contribution is 0.0936. The van der Waals surface area contributed by atoms with Gasteiger partial charge in [-0.15, -0.1) is 0 Å². The zero-order valence-corrected chi connectivity index (χ0v) is 9.95. The number of phenols is 2. The van der Waals surface area contributed by atoms with Crippen LogP contribution >= 0.6 is 0 Å². The van der Waals surface area contributed by atoms with Gasteiger partial charge in [-0.05, 0) is 18.6 Å². The van der Waals surface area contributed by atoms with E-state index in [0.717, 1.165) is 6.42 Å². The van der Waals surface area contributed by atoms with E-state index in [-0.39, 0.29) is 23.2 Å². The summed E-state index contributed by atoms with van der Waals surface area (Å²) in [6.07, 6.45) is 1.37. The third-order valence-corrected chi connectivity index (χ3v) is 2.55. The van der Waals surface area contributed by atoms with Crippen molar-refractivity contribution in [2.24, 2.45) is 5.92 Å². The SMILES string of the molecule is CCCc1c(O)ccc(C(=O)C(C)C)c1O. The Labute approximate surface area is 95.7 Å². The molecule has 0 radical (unpaired) electrons. The lowest BCUT2D eigenvalue weighted by atomic mass is 9.96. The van der Waals surface area contributed by atoms with E-state index in [1.54, 1.807) is 13.8 Å². The number of carbonyl (C=O) groups excluding carboxylic acids is 1. The Morgan fingerprint density at radius 2 is 1.94 bits per heavy atom. The van der Waals surface area contributed by atoms with E-state index in [9.17, 15) is 15.0 Å². The first kappa shape index (κ1) is 12.6. The highest BCUT2D eigenvalue weighted by atomic mass is 16.3. The molecule has 0 aliphatic rings. The van der Waals surface area contributed by atoms with E-state index in [1.165, 1.54) is 12.1 Å². The van der Waals surface area contributed by atoms with Crippen molar-refractivity contribution in [3.05, 3.63) is 23.3 Å². The molecule has 1 aromatic carbocycles. The first-order valence-corrected chi connectivity index (χ1v) is 5.57. The van der Waals surface area contributed by atoms with E-state index in [0.29, 0.717) is 17.5 Å². The van der Waals surface area contributed by atoms with Crippen LogP contribution in [0.4, 0.5) is 0 Å². The minimum Gasteiger partial charge on any atom is -0.508 e. The van der Waals surface area contributed by atoms with Gasteiger partial charge in [0.15, 0.2) is 5.78 Å². The molecule has 0 aliphatic carbocycles. The van der Waals surface area contributed by atoms with Crippen molar-refractivity contribution in [3.63, 3.8) is 0 Å². The summed E-state index contributed by atoms with van der Waals surface area (Å²) in [4.78, 5) is 11.8. The summed E-state index contributed by atoms with van der Waals surface area (Å²) in [7, 11) is 0. The van der Waals surface area contributed by atoms with Gasteiger partial charge in [0.2, 0.25) is 0 Å². The topological polar surface area (TPSA) is 57.5 Å². The second-order valence-corrected chi connectivity index (χ2v) is 4.23. The predicted octanol–water partition coefficient (Wildman–Crippen LogP) is 2.89. The van der Waals surface area contributed by atoms with Gasteiger partial charge in [-0.25, -0.2) is 0 Å². The number of ketones is 1. The zero-order valence-electron chi connectivity index (χ0n) is 9.95. The van der Waals surface area contributed by atoms with Gasteiger partial charge in [0, 0.05) is 11.5 Å². The monoisotopic (exact) mass is 222 g/mol. The molecule has 16 heavy (non-hydrogen) atoms. The Bertz CT molecular complexity index is 394. The van der Waals surface area contributed by atoms with Crippen LogP contribution in [0.2, 0.25) is 0 Å². The number of hydrogen-bond acceptors (Lipinski definition) is 3. The Hall–Kier alpha value is -1.51. The van der Waals surface area contributed by atoms with Gasteiger partial charge in [0.05, 0.1) is 5.56 Å². The molecule has 0 saturated heterocycles. The molecule has 0 spiro atoms. The van der Waals surface area contributed by atoms with Gasteiger partial charge < -0.3 is 10.2 Å². The second kappa shape index (κ2) is 5.01. The number of Topliss-reactive ketones (excluding diaryl/α,β-unsaturated/α-hetero) is 1. The van der Waals surface area contributed by atoms with Crippen LogP contribution in [0.3, 0.4) is 0 Å². The molecule has 0 saturated carbocycles. The molecule has 0 atom stereocenters. The third kappa shape index (κ3) is 2.35. The lowest BCUT2D eigenvalue weighted by Crippen LogP contribution is -2.08. The highest BCUT2D eigenvalue weighted by Gasteiger charge is 2.18. The smallest absolute Gasteiger partial charge is 0.169 e.